The zero-order chi connectivity index (χ0) is 27.4. The largest absolute Gasteiger partial charge is 0.467 e. The summed E-state index contributed by atoms with van der Waals surface area (Å²) in [6.45, 7) is 5.74. The second-order valence-electron chi connectivity index (χ2n) is 10.8. The Morgan fingerprint density at radius 2 is 1.80 bits per heavy atom. The highest BCUT2D eigenvalue weighted by molar-refractivity contribution is 6.30. The van der Waals surface area contributed by atoms with Crippen LogP contribution >= 0.6 is 11.6 Å². The van der Waals surface area contributed by atoms with Crippen molar-refractivity contribution in [2.75, 3.05) is 37.9 Å². The van der Waals surface area contributed by atoms with Crippen molar-refractivity contribution in [3.63, 3.8) is 0 Å². The maximum atomic E-state index is 13.5. The topological polar surface area (TPSA) is 83.6 Å². The zero-order valence-corrected chi connectivity index (χ0v) is 22.8. The Labute approximate surface area is 237 Å². The molecule has 3 amide bonds. The van der Waals surface area contributed by atoms with Crippen molar-refractivity contribution in [1.82, 2.24) is 15.1 Å². The molecule has 0 saturated carbocycles. The number of hydrogen-bond acceptors (Lipinski definition) is 6. The van der Waals surface area contributed by atoms with Crippen LogP contribution in [0.25, 0.3) is 0 Å². The molecule has 0 radical (unpaired) electrons. The molecule has 4 heterocycles. The molecule has 3 aromatic carbocycles. The van der Waals surface area contributed by atoms with E-state index in [2.05, 4.69) is 16.3 Å². The van der Waals surface area contributed by atoms with Crippen LogP contribution in [-0.4, -0.2) is 60.4 Å². The van der Waals surface area contributed by atoms with Crippen LogP contribution in [0.2, 0.25) is 5.02 Å². The summed E-state index contributed by atoms with van der Waals surface area (Å²) in [5.41, 5.74) is 2.28. The van der Waals surface area contributed by atoms with Gasteiger partial charge in [0.1, 0.15) is 5.75 Å². The van der Waals surface area contributed by atoms with E-state index >= 15 is 0 Å². The summed E-state index contributed by atoms with van der Waals surface area (Å²) in [5.74, 6) is 2.21. The van der Waals surface area contributed by atoms with Gasteiger partial charge in [-0.15, -0.1) is 0 Å². The number of benzene rings is 3. The van der Waals surface area contributed by atoms with Gasteiger partial charge in [-0.2, -0.15) is 0 Å². The van der Waals surface area contributed by atoms with E-state index in [1.807, 2.05) is 48.2 Å². The lowest BCUT2D eigenvalue weighted by Crippen LogP contribution is -2.65. The van der Waals surface area contributed by atoms with Gasteiger partial charge in [0.2, 0.25) is 6.79 Å². The van der Waals surface area contributed by atoms with Crippen LogP contribution in [0.3, 0.4) is 0 Å². The van der Waals surface area contributed by atoms with Crippen LogP contribution in [-0.2, 0) is 6.54 Å². The molecule has 2 fully saturated rings. The number of amides is 3. The Morgan fingerprint density at radius 1 is 1.00 bits per heavy atom. The molecule has 2 bridgehead atoms. The Balaban J connectivity index is 1.04. The highest BCUT2D eigenvalue weighted by Gasteiger charge is 2.50. The predicted molar refractivity (Wildman–Crippen MR) is 149 cm³/mol. The SMILES string of the molecule is C[C@@]12C[C@@H](NC(=O)N1c1cccc(C(=O)N3CCN(Cc4ccc5c(c4)OCO5)CC3)c1)c1cc(Cl)ccc1O2. The lowest BCUT2D eigenvalue weighted by molar-refractivity contribution is 0.0378. The fourth-order valence-electron chi connectivity index (χ4n) is 6.10. The first-order valence-electron chi connectivity index (χ1n) is 13.5. The van der Waals surface area contributed by atoms with Crippen molar-refractivity contribution in [3.8, 4) is 17.2 Å². The van der Waals surface area contributed by atoms with Gasteiger partial charge in [0.25, 0.3) is 5.91 Å². The number of carbonyl (C=O) groups excluding carboxylic acids is 2. The molecule has 3 aromatic rings. The van der Waals surface area contributed by atoms with Gasteiger partial charge in [-0.1, -0.05) is 23.7 Å². The summed E-state index contributed by atoms with van der Waals surface area (Å²) in [6, 6.07) is 18.3. The second kappa shape index (κ2) is 9.60. The van der Waals surface area contributed by atoms with Crippen LogP contribution in [0.5, 0.6) is 17.2 Å². The quantitative estimate of drug-likeness (QED) is 0.494. The number of rotatable bonds is 4. The first kappa shape index (κ1) is 25.0. The first-order chi connectivity index (χ1) is 19.4. The summed E-state index contributed by atoms with van der Waals surface area (Å²) >= 11 is 6.20. The van der Waals surface area contributed by atoms with Crippen LogP contribution in [0.15, 0.2) is 60.7 Å². The van der Waals surface area contributed by atoms with Crippen LogP contribution in [0.4, 0.5) is 10.5 Å². The Kier molecular flexibility index (Phi) is 6.01. The van der Waals surface area contributed by atoms with Gasteiger partial charge in [0.05, 0.1) is 11.7 Å². The number of hydrogen-bond donors (Lipinski definition) is 1. The molecule has 206 valence electrons. The fraction of sp³-hybridized carbons (Fsp3) is 0.333. The number of fused-ring (bicyclic) bond motifs is 5. The molecule has 40 heavy (non-hydrogen) atoms. The third-order valence-corrected chi connectivity index (χ3v) is 8.32. The van der Waals surface area contributed by atoms with Gasteiger partial charge in [0.15, 0.2) is 17.2 Å². The number of piperazine rings is 1. The van der Waals surface area contributed by atoms with Crippen molar-refractivity contribution in [1.29, 1.82) is 0 Å². The molecular weight excluding hydrogens is 532 g/mol. The summed E-state index contributed by atoms with van der Waals surface area (Å²) < 4.78 is 17.3. The van der Waals surface area contributed by atoms with E-state index in [-0.39, 0.29) is 24.8 Å². The molecule has 2 atom stereocenters. The molecule has 0 spiro atoms. The molecule has 0 aromatic heterocycles. The van der Waals surface area contributed by atoms with Gasteiger partial charge in [-0.25, -0.2) is 4.79 Å². The van der Waals surface area contributed by atoms with Gasteiger partial charge < -0.3 is 24.4 Å². The van der Waals surface area contributed by atoms with E-state index < -0.39 is 5.72 Å². The zero-order valence-electron chi connectivity index (χ0n) is 22.1. The normalized spacial score (nSPS) is 23.4. The number of halogens is 1. The third kappa shape index (κ3) is 4.39. The second-order valence-corrected chi connectivity index (χ2v) is 11.2. The molecule has 4 aliphatic heterocycles. The summed E-state index contributed by atoms with van der Waals surface area (Å²) in [4.78, 5) is 32.7. The lowest BCUT2D eigenvalue weighted by atomic mass is 9.90. The molecule has 1 N–H and O–H groups in total. The van der Waals surface area contributed by atoms with Crippen molar-refractivity contribution in [3.05, 3.63) is 82.4 Å². The maximum Gasteiger partial charge on any atom is 0.325 e. The summed E-state index contributed by atoms with van der Waals surface area (Å²) in [6.07, 6.45) is 0.551. The molecular formula is C30H29ClN4O5. The number of anilines is 1. The minimum Gasteiger partial charge on any atom is -0.467 e. The average molecular weight is 561 g/mol. The Bertz CT molecular complexity index is 1510. The van der Waals surface area contributed by atoms with Gasteiger partial charge >= 0.3 is 6.03 Å². The molecule has 0 unspecified atom stereocenters. The van der Waals surface area contributed by atoms with Crippen LogP contribution in [0.1, 0.15) is 40.9 Å². The maximum absolute atomic E-state index is 13.5. The van der Waals surface area contributed by atoms with E-state index in [1.54, 1.807) is 23.1 Å². The summed E-state index contributed by atoms with van der Waals surface area (Å²) in [7, 11) is 0. The molecule has 4 aliphatic rings. The number of urea groups is 1. The highest BCUT2D eigenvalue weighted by Crippen LogP contribution is 2.46. The monoisotopic (exact) mass is 560 g/mol. The summed E-state index contributed by atoms with van der Waals surface area (Å²) in [5, 5.41) is 3.69. The minimum absolute atomic E-state index is 0.0467. The number of nitrogens with zero attached hydrogens (tertiary/aromatic N) is 3. The first-order valence-corrected chi connectivity index (χ1v) is 13.8. The van der Waals surface area contributed by atoms with Gasteiger partial charge in [-0.05, 0) is 61.0 Å². The van der Waals surface area contributed by atoms with E-state index in [0.717, 1.165) is 42.3 Å². The molecule has 7 rings (SSSR count). The minimum atomic E-state index is -0.907. The third-order valence-electron chi connectivity index (χ3n) is 8.09. The van der Waals surface area contributed by atoms with E-state index in [4.69, 9.17) is 25.8 Å². The Hall–Kier alpha value is -3.95. The standard InChI is InChI=1S/C30H29ClN4O5/c1-30-16-24(23-15-21(31)6-8-25(23)40-30)32-29(37)35(30)22-4-2-3-20(14-22)28(36)34-11-9-33(10-12-34)17-19-5-7-26-27(13-19)39-18-38-26/h2-8,13-15,24H,9-12,16-18H2,1H3,(H,32,37)/t24-,30-/m1/s1. The predicted octanol–water partition coefficient (Wildman–Crippen LogP) is 4.80. The van der Waals surface area contributed by atoms with Crippen LogP contribution in [0, 0.1) is 0 Å². The fourth-order valence-corrected chi connectivity index (χ4v) is 6.28. The van der Waals surface area contributed by atoms with E-state index in [0.29, 0.717) is 41.5 Å². The number of carbonyl (C=O) groups is 2. The Morgan fingerprint density at radius 3 is 2.65 bits per heavy atom. The van der Waals surface area contributed by atoms with E-state index in [1.165, 1.54) is 0 Å². The molecule has 0 aliphatic carbocycles. The molecule has 10 heteroatoms. The smallest absolute Gasteiger partial charge is 0.325 e. The van der Waals surface area contributed by atoms with Crippen molar-refractivity contribution >= 4 is 29.2 Å². The average Bonchev–Trinajstić information content (AvgIpc) is 3.41. The number of nitrogens with one attached hydrogen (secondary N) is 1. The number of ether oxygens (including phenoxy) is 3. The highest BCUT2D eigenvalue weighted by atomic mass is 35.5. The van der Waals surface area contributed by atoms with Crippen molar-refractivity contribution < 1.29 is 23.8 Å². The van der Waals surface area contributed by atoms with E-state index in [9.17, 15) is 9.59 Å². The lowest BCUT2D eigenvalue weighted by Gasteiger charge is -2.50. The molecule has 2 saturated heterocycles. The van der Waals surface area contributed by atoms with Crippen molar-refractivity contribution in [2.45, 2.75) is 31.7 Å². The van der Waals surface area contributed by atoms with Crippen molar-refractivity contribution in [2.24, 2.45) is 0 Å². The molecule has 9 nitrogen and oxygen atoms in total. The van der Waals surface area contributed by atoms with Crippen LogP contribution < -0.4 is 24.4 Å². The van der Waals surface area contributed by atoms with Gasteiger partial charge in [0, 0.05) is 55.3 Å². The van der Waals surface area contributed by atoms with Gasteiger partial charge in [-0.3, -0.25) is 14.6 Å².